The first-order chi connectivity index (χ1) is 9.95. The van der Waals surface area contributed by atoms with E-state index in [2.05, 4.69) is 15.3 Å². The van der Waals surface area contributed by atoms with E-state index < -0.39 is 18.3 Å². The van der Waals surface area contributed by atoms with E-state index in [0.717, 1.165) is 0 Å². The number of benzene rings is 1. The summed E-state index contributed by atoms with van der Waals surface area (Å²) in [7, 11) is 2.88. The Labute approximate surface area is 119 Å². The van der Waals surface area contributed by atoms with Gasteiger partial charge in [-0.25, -0.2) is 9.97 Å². The Morgan fingerprint density at radius 2 is 1.81 bits per heavy atom. The summed E-state index contributed by atoms with van der Waals surface area (Å²) in [6.45, 7) is 0.158. The number of nitrogens with zero attached hydrogens (tertiary/aromatic N) is 2. The molecular weight excluding hydrogens is 287 g/mol. The Hall–Kier alpha value is -1.93. The molecule has 1 heterocycles. The molecule has 0 amide bonds. The maximum absolute atomic E-state index is 12.8. The Bertz CT molecular complexity index is 615. The zero-order chi connectivity index (χ0) is 15.5. The van der Waals surface area contributed by atoms with E-state index in [1.807, 2.05) is 0 Å². The molecule has 2 rings (SSSR count). The van der Waals surface area contributed by atoms with Crippen LogP contribution >= 0.6 is 0 Å². The van der Waals surface area contributed by atoms with Crippen molar-refractivity contribution in [2.75, 3.05) is 26.1 Å². The predicted molar refractivity (Wildman–Crippen MR) is 70.8 cm³/mol. The van der Waals surface area contributed by atoms with Crippen LogP contribution < -0.4 is 5.32 Å². The number of hydrogen-bond donors (Lipinski definition) is 1. The maximum Gasteiger partial charge on any atom is 0.451 e. The number of para-hydroxylation sites is 1. The minimum atomic E-state index is -4.61. The van der Waals surface area contributed by atoms with E-state index >= 15 is 0 Å². The Morgan fingerprint density at radius 3 is 2.43 bits per heavy atom. The summed E-state index contributed by atoms with van der Waals surface area (Å²) in [6, 6.07) is 6.47. The van der Waals surface area contributed by atoms with Gasteiger partial charge in [0.1, 0.15) is 5.82 Å². The third kappa shape index (κ3) is 3.59. The molecule has 0 fully saturated rings. The number of nitrogens with one attached hydrogen (secondary N) is 1. The van der Waals surface area contributed by atoms with Crippen molar-refractivity contribution in [1.29, 1.82) is 0 Å². The molecule has 1 N–H and O–H groups in total. The van der Waals surface area contributed by atoms with Gasteiger partial charge in [-0.3, -0.25) is 0 Å². The number of hydrogen-bond acceptors (Lipinski definition) is 5. The molecule has 1 aromatic heterocycles. The van der Waals surface area contributed by atoms with Crippen LogP contribution in [0.2, 0.25) is 0 Å². The molecule has 5 nitrogen and oxygen atoms in total. The molecule has 0 unspecified atom stereocenters. The number of alkyl halides is 3. The second kappa shape index (κ2) is 6.23. The molecule has 0 aliphatic rings. The molecule has 0 spiro atoms. The third-order valence-corrected chi connectivity index (χ3v) is 2.82. The number of aromatic nitrogens is 2. The highest BCUT2D eigenvalue weighted by molar-refractivity contribution is 5.89. The summed E-state index contributed by atoms with van der Waals surface area (Å²) >= 11 is 0. The number of rotatable bonds is 5. The van der Waals surface area contributed by atoms with E-state index in [4.69, 9.17) is 9.47 Å². The minimum Gasteiger partial charge on any atom is -0.364 e. The number of anilines is 1. The molecule has 1 aromatic carbocycles. The monoisotopic (exact) mass is 301 g/mol. The summed E-state index contributed by atoms with van der Waals surface area (Å²) in [5.41, 5.74) is 0.216. The molecule has 0 saturated carbocycles. The molecule has 21 heavy (non-hydrogen) atoms. The molecule has 0 atom stereocenters. The molecule has 8 heteroatoms. The molecule has 0 bridgehead atoms. The zero-order valence-corrected chi connectivity index (χ0v) is 11.4. The topological polar surface area (TPSA) is 56.3 Å². The second-order valence-corrected chi connectivity index (χ2v) is 4.19. The van der Waals surface area contributed by atoms with E-state index in [-0.39, 0.29) is 17.9 Å². The lowest BCUT2D eigenvalue weighted by Crippen LogP contribution is -2.24. The molecule has 2 aromatic rings. The molecule has 0 saturated heterocycles. The van der Waals surface area contributed by atoms with Crippen molar-refractivity contribution in [1.82, 2.24) is 9.97 Å². The van der Waals surface area contributed by atoms with Crippen molar-refractivity contribution < 1.29 is 22.6 Å². The standard InChI is InChI=1S/C13H14F3N3O2/c1-20-10(21-2)7-17-11-8-5-3-4-6-9(8)18-12(19-11)13(14,15)16/h3-6,10H,7H2,1-2H3,(H,17,18,19). The zero-order valence-electron chi connectivity index (χ0n) is 11.4. The fourth-order valence-corrected chi connectivity index (χ4v) is 1.78. The summed E-state index contributed by atoms with van der Waals surface area (Å²) in [4.78, 5) is 7.09. The van der Waals surface area contributed by atoms with Gasteiger partial charge in [0.15, 0.2) is 6.29 Å². The van der Waals surface area contributed by atoms with Gasteiger partial charge in [-0.2, -0.15) is 13.2 Å². The van der Waals surface area contributed by atoms with Crippen LogP contribution in [-0.2, 0) is 15.7 Å². The summed E-state index contributed by atoms with van der Waals surface area (Å²) in [5, 5.41) is 3.30. The van der Waals surface area contributed by atoms with Crippen LogP contribution in [0.15, 0.2) is 24.3 Å². The van der Waals surface area contributed by atoms with Crippen LogP contribution in [0.25, 0.3) is 10.9 Å². The fraction of sp³-hybridized carbons (Fsp3) is 0.385. The van der Waals surface area contributed by atoms with Crippen molar-refractivity contribution in [2.24, 2.45) is 0 Å². The highest BCUT2D eigenvalue weighted by atomic mass is 19.4. The predicted octanol–water partition coefficient (Wildman–Crippen LogP) is 2.68. The largest absolute Gasteiger partial charge is 0.451 e. The van der Waals surface area contributed by atoms with Gasteiger partial charge >= 0.3 is 6.18 Å². The normalized spacial score (nSPS) is 12.1. The number of methoxy groups -OCH3 is 2. The average molecular weight is 301 g/mol. The van der Waals surface area contributed by atoms with Crippen LogP contribution in [0.3, 0.4) is 0 Å². The second-order valence-electron chi connectivity index (χ2n) is 4.19. The average Bonchev–Trinajstić information content (AvgIpc) is 2.47. The number of fused-ring (bicyclic) bond motifs is 1. The Balaban J connectivity index is 2.40. The molecule has 0 aliphatic carbocycles. The Kier molecular flexibility index (Phi) is 4.59. The quantitative estimate of drug-likeness (QED) is 0.861. The number of halogens is 3. The van der Waals surface area contributed by atoms with Crippen LogP contribution in [0.1, 0.15) is 5.82 Å². The van der Waals surface area contributed by atoms with Crippen molar-refractivity contribution >= 4 is 16.7 Å². The first kappa shape index (κ1) is 15.5. The summed E-state index contributed by atoms with van der Waals surface area (Å²) < 4.78 is 48.4. The Morgan fingerprint density at radius 1 is 1.14 bits per heavy atom. The molecule has 0 aliphatic heterocycles. The van der Waals surface area contributed by atoms with Crippen LogP contribution in [-0.4, -0.2) is 37.0 Å². The van der Waals surface area contributed by atoms with E-state index in [1.165, 1.54) is 20.3 Å². The molecular formula is C13H14F3N3O2. The SMILES string of the molecule is COC(CNc1nc(C(F)(F)F)nc2ccccc12)OC. The first-order valence-corrected chi connectivity index (χ1v) is 6.09. The lowest BCUT2D eigenvalue weighted by atomic mass is 10.2. The van der Waals surface area contributed by atoms with Gasteiger partial charge in [-0.05, 0) is 12.1 Å². The maximum atomic E-state index is 12.8. The lowest BCUT2D eigenvalue weighted by Gasteiger charge is -2.16. The van der Waals surface area contributed by atoms with Gasteiger partial charge in [0, 0.05) is 19.6 Å². The molecule has 0 radical (unpaired) electrons. The van der Waals surface area contributed by atoms with Crippen LogP contribution in [0.4, 0.5) is 19.0 Å². The van der Waals surface area contributed by atoms with Gasteiger partial charge in [-0.1, -0.05) is 12.1 Å². The van der Waals surface area contributed by atoms with Crippen molar-refractivity contribution in [2.45, 2.75) is 12.5 Å². The van der Waals surface area contributed by atoms with Gasteiger partial charge in [-0.15, -0.1) is 0 Å². The van der Waals surface area contributed by atoms with Gasteiger partial charge in [0.2, 0.25) is 5.82 Å². The highest BCUT2D eigenvalue weighted by Crippen LogP contribution is 2.30. The lowest BCUT2D eigenvalue weighted by molar-refractivity contribution is -0.144. The van der Waals surface area contributed by atoms with Gasteiger partial charge < -0.3 is 14.8 Å². The van der Waals surface area contributed by atoms with E-state index in [0.29, 0.717) is 5.39 Å². The van der Waals surface area contributed by atoms with Gasteiger partial charge in [0.25, 0.3) is 0 Å². The van der Waals surface area contributed by atoms with Crippen molar-refractivity contribution in [3.8, 4) is 0 Å². The fourth-order valence-electron chi connectivity index (χ4n) is 1.78. The third-order valence-electron chi connectivity index (χ3n) is 2.82. The summed E-state index contributed by atoms with van der Waals surface area (Å²) in [6.07, 6.45) is -5.20. The first-order valence-electron chi connectivity index (χ1n) is 6.09. The van der Waals surface area contributed by atoms with E-state index in [9.17, 15) is 13.2 Å². The van der Waals surface area contributed by atoms with Crippen molar-refractivity contribution in [3.05, 3.63) is 30.1 Å². The van der Waals surface area contributed by atoms with Crippen LogP contribution in [0.5, 0.6) is 0 Å². The van der Waals surface area contributed by atoms with E-state index in [1.54, 1.807) is 18.2 Å². The van der Waals surface area contributed by atoms with Crippen molar-refractivity contribution in [3.63, 3.8) is 0 Å². The summed E-state index contributed by atoms with van der Waals surface area (Å²) in [5.74, 6) is -1.10. The van der Waals surface area contributed by atoms with Gasteiger partial charge in [0.05, 0.1) is 12.1 Å². The smallest absolute Gasteiger partial charge is 0.364 e. The van der Waals surface area contributed by atoms with Crippen LogP contribution in [0, 0.1) is 0 Å². The number of ether oxygens (including phenoxy) is 2. The highest BCUT2D eigenvalue weighted by Gasteiger charge is 2.35. The molecule has 114 valence electrons. The minimum absolute atomic E-state index is 0.0898.